The molecule has 0 unspecified atom stereocenters. The zero-order valence-electron chi connectivity index (χ0n) is 11.3. The van der Waals surface area contributed by atoms with E-state index in [0.717, 1.165) is 19.3 Å². The fourth-order valence-corrected chi connectivity index (χ4v) is 7.39. The number of rotatable bonds is 1. The van der Waals surface area contributed by atoms with E-state index in [2.05, 4.69) is 13.8 Å². The summed E-state index contributed by atoms with van der Waals surface area (Å²) in [5, 5.41) is 0. The van der Waals surface area contributed by atoms with Crippen LogP contribution in [0.15, 0.2) is 0 Å². The third kappa shape index (κ3) is 1.23. The molecule has 1 spiro atoms. The van der Waals surface area contributed by atoms with Gasteiger partial charge in [0.1, 0.15) is 0 Å². The monoisotopic (exact) mass is 271 g/mol. The lowest BCUT2D eigenvalue weighted by Gasteiger charge is -2.63. The molecule has 2 bridgehead atoms. The Kier molecular flexibility index (Phi) is 2.44. The average molecular weight is 271 g/mol. The van der Waals surface area contributed by atoms with E-state index in [1.165, 1.54) is 4.31 Å². The average Bonchev–Trinajstić information content (AvgIpc) is 2.74. The van der Waals surface area contributed by atoms with Crippen LogP contribution < -0.4 is 0 Å². The highest BCUT2D eigenvalue weighted by Gasteiger charge is 2.68. The van der Waals surface area contributed by atoms with Crippen LogP contribution in [-0.2, 0) is 4.79 Å². The Bertz CT molecular complexity index is 409. The third-order valence-corrected chi connectivity index (χ3v) is 7.90. The molecule has 5 heteroatoms. The number of carbonyl (C=O) groups excluding carboxylic acids is 1. The molecular weight excluding hydrogens is 250 g/mol. The molecule has 2 aliphatic carbocycles. The number of sulfonamides is 1. The normalized spacial score (nSPS) is 45.1. The van der Waals surface area contributed by atoms with Gasteiger partial charge >= 0.3 is 0 Å². The maximum absolute atomic E-state index is 12.4. The van der Waals surface area contributed by atoms with Crippen LogP contribution in [0, 0.1) is 16.7 Å². The molecule has 0 N–H and O–H groups in total. The fraction of sp³-hybridized carbons (Fsp3) is 0.923. The highest BCUT2D eigenvalue weighted by molar-refractivity contribution is 8.22. The van der Waals surface area contributed by atoms with E-state index in [1.54, 1.807) is 6.92 Å². The van der Waals surface area contributed by atoms with E-state index in [0.29, 0.717) is 5.92 Å². The molecule has 2 saturated carbocycles. The molecule has 3 fully saturated rings. The van der Waals surface area contributed by atoms with Crippen molar-refractivity contribution in [3.63, 3.8) is 0 Å². The number of amides is 1. The molecule has 1 aliphatic heterocycles. The van der Waals surface area contributed by atoms with Gasteiger partial charge in [-0.05, 0) is 36.3 Å². The van der Waals surface area contributed by atoms with Crippen LogP contribution in [0.4, 0.5) is 0 Å². The number of hydrogen-bond donors (Lipinski definition) is 0. The maximum Gasteiger partial charge on any atom is 0.235 e. The Hall–Kier alpha value is -0.260. The molecule has 0 aromatic carbocycles. The van der Waals surface area contributed by atoms with Crippen LogP contribution in [0.3, 0.4) is 0 Å². The zero-order chi connectivity index (χ0) is 13.3. The Labute approximate surface area is 110 Å². The SMILES string of the molecule is CCC(=O)N1[C@H]2C[C@@H]3CC[C@@]2(CS1([O-])[O-])C3(C)C. The summed E-state index contributed by atoms with van der Waals surface area (Å²) in [5.74, 6) is 0.533. The van der Waals surface area contributed by atoms with Crippen LogP contribution in [0.2, 0.25) is 0 Å². The molecule has 0 aromatic heterocycles. The number of nitrogens with zero attached hydrogens (tertiary/aromatic N) is 1. The number of fused-ring (bicyclic) bond motifs is 1. The summed E-state index contributed by atoms with van der Waals surface area (Å²) in [6.07, 6.45) is 3.23. The van der Waals surface area contributed by atoms with Gasteiger partial charge in [-0.1, -0.05) is 20.8 Å². The Morgan fingerprint density at radius 3 is 2.67 bits per heavy atom. The van der Waals surface area contributed by atoms with Gasteiger partial charge < -0.3 is 24.2 Å². The maximum atomic E-state index is 12.4. The second kappa shape index (κ2) is 3.44. The lowest BCUT2D eigenvalue weighted by molar-refractivity contribution is -0.129. The van der Waals surface area contributed by atoms with Crippen LogP contribution in [0.5, 0.6) is 0 Å². The summed E-state index contributed by atoms with van der Waals surface area (Å²) in [5.41, 5.74) is -0.130. The molecule has 1 saturated heterocycles. The Morgan fingerprint density at radius 2 is 2.11 bits per heavy atom. The van der Waals surface area contributed by atoms with Gasteiger partial charge in [-0.3, -0.25) is 4.79 Å². The Balaban J connectivity index is 2.05. The van der Waals surface area contributed by atoms with Crippen molar-refractivity contribution in [1.82, 2.24) is 4.31 Å². The standard InChI is InChI=1S/C13H23NO3S/c1-4-11(15)14-10-7-9-5-6-13(10,12(9,2)3)8-18(14,16)17/h9-10,16-17H,4-8H2,1-3H3/p-2/t9-,10-,13-/m0/s1. The minimum atomic E-state index is -3.39. The number of hydrogen-bond acceptors (Lipinski definition) is 3. The van der Waals surface area contributed by atoms with Gasteiger partial charge in [0.05, 0.1) is 6.04 Å². The molecule has 1 amide bonds. The third-order valence-electron chi connectivity index (χ3n) is 5.96. The first-order valence-corrected chi connectivity index (χ1v) is 8.42. The van der Waals surface area contributed by atoms with Gasteiger partial charge in [-0.25, -0.2) is 0 Å². The molecule has 1 heterocycles. The molecule has 4 nitrogen and oxygen atoms in total. The summed E-state index contributed by atoms with van der Waals surface area (Å²) >= 11 is 0. The first kappa shape index (κ1) is 12.8. The molecule has 3 atom stereocenters. The summed E-state index contributed by atoms with van der Waals surface area (Å²) < 4.78 is 25.9. The Morgan fingerprint density at radius 1 is 1.44 bits per heavy atom. The quantitative estimate of drug-likeness (QED) is 0.735. The summed E-state index contributed by atoms with van der Waals surface area (Å²) in [6, 6.07) is -0.0660. The van der Waals surface area contributed by atoms with Crippen molar-refractivity contribution in [3.05, 3.63) is 0 Å². The van der Waals surface area contributed by atoms with E-state index >= 15 is 0 Å². The topological polar surface area (TPSA) is 66.4 Å². The largest absolute Gasteiger partial charge is 0.783 e. The van der Waals surface area contributed by atoms with Crippen molar-refractivity contribution in [3.8, 4) is 0 Å². The van der Waals surface area contributed by atoms with Gasteiger partial charge in [-0.15, -0.1) is 0 Å². The van der Waals surface area contributed by atoms with Crippen molar-refractivity contribution >= 4 is 16.7 Å². The van der Waals surface area contributed by atoms with Crippen LogP contribution in [0.25, 0.3) is 0 Å². The van der Waals surface area contributed by atoms with Gasteiger partial charge in [0.15, 0.2) is 0 Å². The van der Waals surface area contributed by atoms with Gasteiger partial charge in [0, 0.05) is 11.8 Å². The van der Waals surface area contributed by atoms with E-state index in [4.69, 9.17) is 0 Å². The minimum Gasteiger partial charge on any atom is -0.783 e. The van der Waals surface area contributed by atoms with E-state index in [1.807, 2.05) is 0 Å². The molecule has 0 aromatic rings. The molecule has 104 valence electrons. The summed E-state index contributed by atoms with van der Waals surface area (Å²) in [4.78, 5) is 12.0. The van der Waals surface area contributed by atoms with E-state index in [9.17, 15) is 13.9 Å². The van der Waals surface area contributed by atoms with Gasteiger partial charge in [0.2, 0.25) is 5.91 Å². The van der Waals surface area contributed by atoms with Crippen molar-refractivity contribution in [2.24, 2.45) is 16.7 Å². The zero-order valence-corrected chi connectivity index (χ0v) is 12.1. The van der Waals surface area contributed by atoms with E-state index in [-0.39, 0.29) is 35.0 Å². The predicted octanol–water partition coefficient (Wildman–Crippen LogP) is 2.41. The summed E-state index contributed by atoms with van der Waals surface area (Å²) in [7, 11) is -3.39. The van der Waals surface area contributed by atoms with Crippen molar-refractivity contribution < 1.29 is 13.9 Å². The van der Waals surface area contributed by atoms with Crippen molar-refractivity contribution in [1.29, 1.82) is 0 Å². The van der Waals surface area contributed by atoms with E-state index < -0.39 is 10.8 Å². The van der Waals surface area contributed by atoms with Crippen LogP contribution >= 0.6 is 10.8 Å². The van der Waals surface area contributed by atoms with Crippen LogP contribution in [-0.4, -0.2) is 31.1 Å². The number of carbonyl (C=O) groups is 1. The van der Waals surface area contributed by atoms with Gasteiger partial charge in [-0.2, -0.15) is 0 Å². The lowest BCUT2D eigenvalue weighted by Crippen LogP contribution is -2.43. The first-order valence-electron chi connectivity index (χ1n) is 6.81. The molecule has 3 aliphatic rings. The second-order valence-corrected chi connectivity index (χ2v) is 8.51. The van der Waals surface area contributed by atoms with Gasteiger partial charge in [0.25, 0.3) is 0 Å². The fourth-order valence-electron chi connectivity index (χ4n) is 4.77. The minimum absolute atomic E-state index is 0.0491. The molecular formula is C13H21NO3S-2. The summed E-state index contributed by atoms with van der Waals surface area (Å²) in [6.45, 7) is 6.13. The molecule has 0 radical (unpaired) electrons. The smallest absolute Gasteiger partial charge is 0.235 e. The lowest BCUT2D eigenvalue weighted by atomic mass is 9.69. The van der Waals surface area contributed by atoms with Crippen molar-refractivity contribution in [2.75, 3.05) is 5.75 Å². The molecule has 3 rings (SSSR count). The highest BCUT2D eigenvalue weighted by atomic mass is 32.3. The predicted molar refractivity (Wildman–Crippen MR) is 68.5 cm³/mol. The molecule has 18 heavy (non-hydrogen) atoms. The first-order chi connectivity index (χ1) is 8.26. The second-order valence-electron chi connectivity index (χ2n) is 6.66. The highest BCUT2D eigenvalue weighted by Crippen LogP contribution is 2.76. The van der Waals surface area contributed by atoms with Crippen molar-refractivity contribution in [2.45, 2.75) is 52.5 Å². The van der Waals surface area contributed by atoms with Crippen LogP contribution in [0.1, 0.15) is 46.5 Å².